The van der Waals surface area contributed by atoms with E-state index in [2.05, 4.69) is 10.3 Å². The number of ether oxygens (including phenoxy) is 2. The number of benzene rings is 3. The lowest BCUT2D eigenvalue weighted by Gasteiger charge is -2.14. The largest absolute Gasteiger partial charge is 0.497 e. The van der Waals surface area contributed by atoms with Gasteiger partial charge in [-0.2, -0.15) is 0 Å². The number of anilines is 1. The molecule has 0 aliphatic rings. The summed E-state index contributed by atoms with van der Waals surface area (Å²) in [5.74, 6) is 1.26. The first kappa shape index (κ1) is 20.4. The average Bonchev–Trinajstić information content (AvgIpc) is 2.78. The fourth-order valence-corrected chi connectivity index (χ4v) is 3.19. The van der Waals surface area contributed by atoms with Gasteiger partial charge < -0.3 is 14.8 Å². The molecule has 4 rings (SSSR count). The summed E-state index contributed by atoms with van der Waals surface area (Å²) in [6, 6.07) is 18.9. The summed E-state index contributed by atoms with van der Waals surface area (Å²) < 4.78 is 12.3. The van der Waals surface area contributed by atoms with Crippen molar-refractivity contribution in [3.8, 4) is 17.2 Å². The Kier molecular flexibility index (Phi) is 5.86. The van der Waals surface area contributed by atoms with Gasteiger partial charge in [-0.15, -0.1) is 0 Å². The van der Waals surface area contributed by atoms with Crippen molar-refractivity contribution in [1.29, 1.82) is 0 Å². The van der Waals surface area contributed by atoms with Crippen LogP contribution in [-0.2, 0) is 11.3 Å². The van der Waals surface area contributed by atoms with Gasteiger partial charge in [-0.3, -0.25) is 14.2 Å². The van der Waals surface area contributed by atoms with Gasteiger partial charge >= 0.3 is 0 Å². The number of para-hydroxylation sites is 1. The molecule has 7 nitrogen and oxygen atoms in total. The van der Waals surface area contributed by atoms with Gasteiger partial charge in [0.15, 0.2) is 5.75 Å². The zero-order chi connectivity index (χ0) is 21.8. The number of halogens is 1. The molecule has 0 bridgehead atoms. The van der Waals surface area contributed by atoms with Gasteiger partial charge in [0, 0.05) is 5.02 Å². The van der Waals surface area contributed by atoms with Crippen LogP contribution in [0.4, 0.5) is 5.69 Å². The van der Waals surface area contributed by atoms with E-state index in [1.807, 2.05) is 0 Å². The lowest BCUT2D eigenvalue weighted by Crippen LogP contribution is -2.28. The average molecular weight is 436 g/mol. The number of rotatable bonds is 6. The first-order chi connectivity index (χ1) is 15.0. The molecule has 0 fully saturated rings. The molecule has 4 aromatic rings. The predicted octanol–water partition coefficient (Wildman–Crippen LogP) is 4.49. The van der Waals surface area contributed by atoms with Gasteiger partial charge in [-0.25, -0.2) is 4.98 Å². The number of nitrogens with zero attached hydrogens (tertiary/aromatic N) is 2. The van der Waals surface area contributed by atoms with Crippen LogP contribution in [0.5, 0.6) is 17.2 Å². The van der Waals surface area contributed by atoms with Gasteiger partial charge in [0.05, 0.1) is 30.0 Å². The predicted molar refractivity (Wildman–Crippen MR) is 119 cm³/mol. The van der Waals surface area contributed by atoms with Crippen LogP contribution in [0.15, 0.2) is 77.9 Å². The second-order valence-corrected chi connectivity index (χ2v) is 7.10. The van der Waals surface area contributed by atoms with Gasteiger partial charge in [0.25, 0.3) is 5.56 Å². The summed E-state index contributed by atoms with van der Waals surface area (Å²) in [6.07, 6.45) is 1.36. The standard InChI is InChI=1S/C23H18ClN3O4/c1-30-16-7-9-17(10-8-16)31-21-11-6-15(24)12-20(21)26-22(28)13-27-14-25-19-5-3-2-4-18(19)23(27)29/h2-12,14H,13H2,1H3,(H,26,28). The topological polar surface area (TPSA) is 82.4 Å². The Bertz CT molecular complexity index is 1300. The Balaban J connectivity index is 1.54. The maximum Gasteiger partial charge on any atom is 0.261 e. The molecule has 1 heterocycles. The van der Waals surface area contributed by atoms with Crippen LogP contribution in [-0.4, -0.2) is 22.6 Å². The second kappa shape index (κ2) is 8.89. The van der Waals surface area contributed by atoms with E-state index in [1.165, 1.54) is 10.9 Å². The Morgan fingerprint density at radius 1 is 1.06 bits per heavy atom. The van der Waals surface area contributed by atoms with Crippen molar-refractivity contribution >= 4 is 34.1 Å². The van der Waals surface area contributed by atoms with Crippen LogP contribution in [0.25, 0.3) is 10.9 Å². The van der Waals surface area contributed by atoms with Crippen LogP contribution >= 0.6 is 11.6 Å². The van der Waals surface area contributed by atoms with Crippen molar-refractivity contribution in [2.24, 2.45) is 0 Å². The summed E-state index contributed by atoms with van der Waals surface area (Å²) in [6.45, 7) is -0.203. The maximum absolute atomic E-state index is 12.7. The molecule has 0 saturated carbocycles. The number of carbonyl (C=O) groups excluding carboxylic acids is 1. The highest BCUT2D eigenvalue weighted by atomic mass is 35.5. The van der Waals surface area contributed by atoms with E-state index >= 15 is 0 Å². The zero-order valence-corrected chi connectivity index (χ0v) is 17.3. The van der Waals surface area contributed by atoms with E-state index < -0.39 is 5.91 Å². The van der Waals surface area contributed by atoms with Crippen molar-refractivity contribution < 1.29 is 14.3 Å². The van der Waals surface area contributed by atoms with Crippen molar-refractivity contribution in [2.75, 3.05) is 12.4 Å². The summed E-state index contributed by atoms with van der Waals surface area (Å²) in [7, 11) is 1.58. The van der Waals surface area contributed by atoms with Crippen molar-refractivity contribution in [1.82, 2.24) is 9.55 Å². The first-order valence-electron chi connectivity index (χ1n) is 9.39. The molecule has 156 valence electrons. The minimum atomic E-state index is -0.416. The highest BCUT2D eigenvalue weighted by Gasteiger charge is 2.12. The Morgan fingerprint density at radius 3 is 2.58 bits per heavy atom. The number of hydrogen-bond donors (Lipinski definition) is 1. The summed E-state index contributed by atoms with van der Waals surface area (Å²) >= 11 is 6.11. The number of nitrogens with one attached hydrogen (secondary N) is 1. The highest BCUT2D eigenvalue weighted by molar-refractivity contribution is 6.31. The van der Waals surface area contributed by atoms with Gasteiger partial charge in [0.2, 0.25) is 5.91 Å². The van der Waals surface area contributed by atoms with E-state index in [9.17, 15) is 9.59 Å². The molecular formula is C23H18ClN3O4. The minimum absolute atomic E-state index is 0.203. The quantitative estimate of drug-likeness (QED) is 0.482. The van der Waals surface area contributed by atoms with E-state index in [0.29, 0.717) is 38.9 Å². The zero-order valence-electron chi connectivity index (χ0n) is 16.5. The molecule has 0 unspecified atom stereocenters. The summed E-state index contributed by atoms with van der Waals surface area (Å²) in [5.41, 5.74) is 0.672. The van der Waals surface area contributed by atoms with Crippen LogP contribution in [0.1, 0.15) is 0 Å². The summed E-state index contributed by atoms with van der Waals surface area (Å²) in [5, 5.41) is 3.64. The highest BCUT2D eigenvalue weighted by Crippen LogP contribution is 2.32. The van der Waals surface area contributed by atoms with E-state index in [1.54, 1.807) is 73.8 Å². The maximum atomic E-state index is 12.7. The number of hydrogen-bond acceptors (Lipinski definition) is 5. The molecule has 0 aliphatic heterocycles. The van der Waals surface area contributed by atoms with Crippen LogP contribution in [0.2, 0.25) is 5.02 Å². The number of fused-ring (bicyclic) bond motifs is 1. The number of methoxy groups -OCH3 is 1. The Labute approximate surface area is 182 Å². The van der Waals surface area contributed by atoms with Crippen molar-refractivity contribution in [3.05, 3.63) is 88.4 Å². The molecule has 0 aliphatic carbocycles. The molecule has 1 N–H and O–H groups in total. The molecule has 0 atom stereocenters. The van der Waals surface area contributed by atoms with Gasteiger partial charge in [0.1, 0.15) is 18.0 Å². The smallest absolute Gasteiger partial charge is 0.261 e. The molecule has 0 spiro atoms. The molecular weight excluding hydrogens is 418 g/mol. The monoisotopic (exact) mass is 435 g/mol. The second-order valence-electron chi connectivity index (χ2n) is 6.66. The number of aromatic nitrogens is 2. The van der Waals surface area contributed by atoms with Gasteiger partial charge in [-0.1, -0.05) is 23.7 Å². The Hall–Kier alpha value is -3.84. The molecule has 8 heteroatoms. The lowest BCUT2D eigenvalue weighted by atomic mass is 10.2. The molecule has 1 aromatic heterocycles. The van der Waals surface area contributed by atoms with E-state index in [4.69, 9.17) is 21.1 Å². The normalized spacial score (nSPS) is 10.6. The number of carbonyl (C=O) groups is 1. The van der Waals surface area contributed by atoms with Crippen molar-refractivity contribution in [2.45, 2.75) is 6.54 Å². The molecule has 31 heavy (non-hydrogen) atoms. The fourth-order valence-electron chi connectivity index (χ4n) is 3.02. The molecule has 0 saturated heterocycles. The molecule has 3 aromatic carbocycles. The van der Waals surface area contributed by atoms with E-state index in [0.717, 1.165) is 0 Å². The SMILES string of the molecule is COc1ccc(Oc2ccc(Cl)cc2NC(=O)Cn2cnc3ccccc3c2=O)cc1. The molecule has 1 amide bonds. The number of amides is 1. The summed E-state index contributed by atoms with van der Waals surface area (Å²) in [4.78, 5) is 29.5. The van der Waals surface area contributed by atoms with Crippen LogP contribution < -0.4 is 20.3 Å². The first-order valence-corrected chi connectivity index (χ1v) is 9.77. The minimum Gasteiger partial charge on any atom is -0.497 e. The third-order valence-electron chi connectivity index (χ3n) is 4.55. The Morgan fingerprint density at radius 2 is 1.81 bits per heavy atom. The van der Waals surface area contributed by atoms with E-state index in [-0.39, 0.29) is 12.1 Å². The van der Waals surface area contributed by atoms with Crippen molar-refractivity contribution in [3.63, 3.8) is 0 Å². The van der Waals surface area contributed by atoms with Crippen LogP contribution in [0.3, 0.4) is 0 Å². The van der Waals surface area contributed by atoms with Crippen LogP contribution in [0, 0.1) is 0 Å². The third kappa shape index (κ3) is 4.67. The van der Waals surface area contributed by atoms with Gasteiger partial charge in [-0.05, 0) is 54.6 Å². The third-order valence-corrected chi connectivity index (χ3v) is 4.78. The fraction of sp³-hybridized carbons (Fsp3) is 0.0870. The lowest BCUT2D eigenvalue weighted by molar-refractivity contribution is -0.116. The molecule has 0 radical (unpaired) electrons.